The molecule has 6 rings (SSSR count). The summed E-state index contributed by atoms with van der Waals surface area (Å²) in [4.78, 5) is 2.58. The standard InChI is InChI=1S/C23H33NO.ClH/c25-23(21-6-2-1-3-7-21,8-11-24-9-4-5-10-24)22-15-18-12-19(16-22)14-20(13-18)17-22;/h1-3,6-7,18-20,25H,4-5,8-17H2;1H. The molecule has 4 aliphatic carbocycles. The minimum atomic E-state index is -0.632. The Kier molecular flexibility index (Phi) is 5.14. The minimum Gasteiger partial charge on any atom is -0.385 e. The zero-order chi connectivity index (χ0) is 16.9. The Labute approximate surface area is 164 Å². The zero-order valence-corrected chi connectivity index (χ0v) is 16.7. The van der Waals surface area contributed by atoms with Crippen molar-refractivity contribution in [2.75, 3.05) is 19.6 Å². The summed E-state index contributed by atoms with van der Waals surface area (Å²) in [6, 6.07) is 10.7. The summed E-state index contributed by atoms with van der Waals surface area (Å²) in [5, 5.41) is 12.3. The van der Waals surface area contributed by atoms with Gasteiger partial charge in [0.25, 0.3) is 0 Å². The smallest absolute Gasteiger partial charge is 0.0964 e. The van der Waals surface area contributed by atoms with Gasteiger partial charge in [-0.05, 0) is 94.2 Å². The van der Waals surface area contributed by atoms with E-state index in [-0.39, 0.29) is 17.8 Å². The lowest BCUT2D eigenvalue weighted by molar-refractivity contribution is -0.189. The summed E-state index contributed by atoms with van der Waals surface area (Å²) in [5.41, 5.74) is 0.700. The summed E-state index contributed by atoms with van der Waals surface area (Å²) in [7, 11) is 0. The fraction of sp³-hybridized carbons (Fsp3) is 0.739. The van der Waals surface area contributed by atoms with Gasteiger partial charge in [-0.2, -0.15) is 0 Å². The molecule has 4 bridgehead atoms. The Morgan fingerprint density at radius 1 is 0.923 bits per heavy atom. The lowest BCUT2D eigenvalue weighted by atomic mass is 9.44. The molecule has 5 aliphatic rings. The SMILES string of the molecule is Cl.OC(CCN1CCCC1)(c1ccccc1)C12CC3CC(CC(C3)C1)C2. The molecule has 3 heteroatoms. The van der Waals surface area contributed by atoms with E-state index in [1.54, 1.807) is 0 Å². The van der Waals surface area contributed by atoms with Crippen LogP contribution in [0.3, 0.4) is 0 Å². The van der Waals surface area contributed by atoms with Gasteiger partial charge in [-0.25, -0.2) is 0 Å². The molecule has 1 atom stereocenters. The van der Waals surface area contributed by atoms with E-state index < -0.39 is 5.60 Å². The lowest BCUT2D eigenvalue weighted by Gasteiger charge is -2.62. The van der Waals surface area contributed by atoms with E-state index in [0.29, 0.717) is 0 Å². The van der Waals surface area contributed by atoms with Gasteiger partial charge in [0.2, 0.25) is 0 Å². The monoisotopic (exact) mass is 375 g/mol. The molecule has 5 fully saturated rings. The maximum absolute atomic E-state index is 12.3. The molecule has 1 aromatic rings. The maximum atomic E-state index is 12.3. The van der Waals surface area contributed by atoms with Crippen LogP contribution in [0.4, 0.5) is 0 Å². The van der Waals surface area contributed by atoms with E-state index in [2.05, 4.69) is 35.2 Å². The fourth-order valence-electron chi connectivity index (χ4n) is 7.37. The number of nitrogens with zero attached hydrogens (tertiary/aromatic N) is 1. The average Bonchev–Trinajstić information content (AvgIpc) is 3.13. The summed E-state index contributed by atoms with van der Waals surface area (Å²) >= 11 is 0. The molecule has 0 radical (unpaired) electrons. The molecule has 1 aromatic carbocycles. The van der Waals surface area contributed by atoms with Crippen molar-refractivity contribution in [3.05, 3.63) is 35.9 Å². The van der Waals surface area contributed by atoms with E-state index in [0.717, 1.165) is 30.7 Å². The van der Waals surface area contributed by atoms with Crippen LogP contribution in [0.2, 0.25) is 0 Å². The van der Waals surface area contributed by atoms with Gasteiger partial charge in [0, 0.05) is 12.0 Å². The first-order valence-corrected chi connectivity index (χ1v) is 10.7. The second-order valence-corrected chi connectivity index (χ2v) is 9.72. The summed E-state index contributed by atoms with van der Waals surface area (Å²) in [6.45, 7) is 3.52. The third kappa shape index (κ3) is 3.02. The Bertz CT molecular complexity index is 577. The third-order valence-electron chi connectivity index (χ3n) is 8.16. The van der Waals surface area contributed by atoms with Gasteiger partial charge in [-0.1, -0.05) is 30.3 Å². The Morgan fingerprint density at radius 3 is 2.00 bits per heavy atom. The molecule has 1 heterocycles. The first-order valence-electron chi connectivity index (χ1n) is 10.7. The van der Waals surface area contributed by atoms with Crippen molar-refractivity contribution in [2.24, 2.45) is 23.2 Å². The highest BCUT2D eigenvalue weighted by atomic mass is 35.5. The highest BCUT2D eigenvalue weighted by Gasteiger charge is 2.60. The van der Waals surface area contributed by atoms with Gasteiger partial charge in [-0.3, -0.25) is 0 Å². The third-order valence-corrected chi connectivity index (χ3v) is 8.16. The Hall–Kier alpha value is -0.570. The van der Waals surface area contributed by atoms with E-state index >= 15 is 0 Å². The average molecular weight is 376 g/mol. The van der Waals surface area contributed by atoms with Crippen LogP contribution >= 0.6 is 12.4 Å². The molecular weight excluding hydrogens is 342 g/mol. The largest absolute Gasteiger partial charge is 0.385 e. The summed E-state index contributed by atoms with van der Waals surface area (Å²) < 4.78 is 0. The van der Waals surface area contributed by atoms with Crippen LogP contribution < -0.4 is 0 Å². The molecule has 0 spiro atoms. The van der Waals surface area contributed by atoms with Crippen LogP contribution in [0.1, 0.15) is 63.4 Å². The molecule has 2 nitrogen and oxygen atoms in total. The molecule has 1 saturated heterocycles. The molecule has 1 aliphatic heterocycles. The first-order chi connectivity index (χ1) is 12.2. The van der Waals surface area contributed by atoms with Crippen LogP contribution in [-0.2, 0) is 5.60 Å². The van der Waals surface area contributed by atoms with Gasteiger partial charge in [0.05, 0.1) is 5.60 Å². The predicted octanol–water partition coefficient (Wildman–Crippen LogP) is 5.00. The number of hydrogen-bond acceptors (Lipinski definition) is 2. The highest BCUT2D eigenvalue weighted by Crippen LogP contribution is 2.66. The van der Waals surface area contributed by atoms with Gasteiger partial charge in [-0.15, -0.1) is 12.4 Å². The topological polar surface area (TPSA) is 23.5 Å². The van der Waals surface area contributed by atoms with Gasteiger partial charge in [0.1, 0.15) is 0 Å². The van der Waals surface area contributed by atoms with Crippen LogP contribution in [0.15, 0.2) is 30.3 Å². The van der Waals surface area contributed by atoms with Gasteiger partial charge < -0.3 is 10.0 Å². The zero-order valence-electron chi connectivity index (χ0n) is 15.9. The summed E-state index contributed by atoms with van der Waals surface area (Å²) in [6.07, 6.45) is 11.7. The van der Waals surface area contributed by atoms with E-state index in [4.69, 9.17) is 0 Å². The normalized spacial score (nSPS) is 38.1. The molecule has 144 valence electrons. The number of rotatable bonds is 5. The molecule has 26 heavy (non-hydrogen) atoms. The second-order valence-electron chi connectivity index (χ2n) is 9.72. The van der Waals surface area contributed by atoms with Crippen molar-refractivity contribution in [3.63, 3.8) is 0 Å². The maximum Gasteiger partial charge on any atom is 0.0964 e. The highest BCUT2D eigenvalue weighted by molar-refractivity contribution is 5.85. The number of likely N-dealkylation sites (tertiary alicyclic amines) is 1. The number of halogens is 1. The van der Waals surface area contributed by atoms with Crippen molar-refractivity contribution in [1.82, 2.24) is 4.90 Å². The van der Waals surface area contributed by atoms with Crippen LogP contribution in [0.25, 0.3) is 0 Å². The molecule has 1 N–H and O–H groups in total. The van der Waals surface area contributed by atoms with Crippen molar-refractivity contribution in [3.8, 4) is 0 Å². The van der Waals surface area contributed by atoms with Crippen molar-refractivity contribution >= 4 is 12.4 Å². The van der Waals surface area contributed by atoms with Crippen molar-refractivity contribution in [1.29, 1.82) is 0 Å². The first kappa shape index (κ1) is 18.8. The molecule has 0 amide bonds. The van der Waals surface area contributed by atoms with Crippen molar-refractivity contribution < 1.29 is 5.11 Å². The van der Waals surface area contributed by atoms with Crippen LogP contribution in [-0.4, -0.2) is 29.6 Å². The number of hydrogen-bond donors (Lipinski definition) is 1. The fourth-order valence-corrected chi connectivity index (χ4v) is 7.37. The Morgan fingerprint density at radius 2 is 1.46 bits per heavy atom. The van der Waals surface area contributed by atoms with E-state index in [1.165, 1.54) is 70.0 Å². The number of aliphatic hydroxyl groups is 1. The minimum absolute atomic E-state index is 0. The van der Waals surface area contributed by atoms with Crippen LogP contribution in [0.5, 0.6) is 0 Å². The van der Waals surface area contributed by atoms with E-state index in [1.807, 2.05) is 0 Å². The van der Waals surface area contributed by atoms with Gasteiger partial charge >= 0.3 is 0 Å². The van der Waals surface area contributed by atoms with Crippen LogP contribution in [0, 0.1) is 23.2 Å². The summed E-state index contributed by atoms with van der Waals surface area (Å²) in [5.74, 6) is 2.65. The molecular formula is C23H34ClNO. The van der Waals surface area contributed by atoms with Gasteiger partial charge in [0.15, 0.2) is 0 Å². The quantitative estimate of drug-likeness (QED) is 0.782. The lowest BCUT2D eigenvalue weighted by Crippen LogP contribution is -2.57. The number of benzene rings is 1. The molecule has 0 aromatic heterocycles. The molecule has 1 unspecified atom stereocenters. The predicted molar refractivity (Wildman–Crippen MR) is 108 cm³/mol. The molecule has 4 saturated carbocycles. The second kappa shape index (κ2) is 7.11. The Balaban J connectivity index is 0.00000168. The van der Waals surface area contributed by atoms with Crippen molar-refractivity contribution in [2.45, 2.75) is 63.4 Å². The van der Waals surface area contributed by atoms with E-state index in [9.17, 15) is 5.11 Å².